The predicted octanol–water partition coefficient (Wildman–Crippen LogP) is 5.67. The molecule has 0 amide bonds. The summed E-state index contributed by atoms with van der Waals surface area (Å²) in [6.07, 6.45) is 1.67. The third kappa shape index (κ3) is 4.75. The number of aromatic nitrogens is 2. The summed E-state index contributed by atoms with van der Waals surface area (Å²) in [5.41, 5.74) is 1.66. The van der Waals surface area contributed by atoms with Crippen molar-refractivity contribution < 1.29 is 4.74 Å². The Labute approximate surface area is 156 Å². The maximum absolute atomic E-state index is 6.03. The lowest BCUT2D eigenvalue weighted by Gasteiger charge is -2.09. The summed E-state index contributed by atoms with van der Waals surface area (Å²) in [5, 5.41) is 7.31. The molecule has 2 N–H and O–H groups in total. The van der Waals surface area contributed by atoms with Crippen molar-refractivity contribution in [1.29, 1.82) is 0 Å². The van der Waals surface area contributed by atoms with Gasteiger partial charge in [0, 0.05) is 17.6 Å². The average molecular weight is 375 g/mol. The molecular weight excluding hydrogens is 359 g/mol. The number of benzene rings is 2. The second-order valence-corrected chi connectivity index (χ2v) is 5.92. The van der Waals surface area contributed by atoms with Crippen LogP contribution in [0.15, 0.2) is 54.7 Å². The molecule has 0 aliphatic rings. The van der Waals surface area contributed by atoms with Crippen molar-refractivity contribution in [3.8, 4) is 5.75 Å². The molecule has 0 spiro atoms. The Morgan fingerprint density at radius 2 is 1.68 bits per heavy atom. The Morgan fingerprint density at radius 1 is 0.920 bits per heavy atom. The fourth-order valence-corrected chi connectivity index (χ4v) is 2.44. The number of hydrogen-bond acceptors (Lipinski definition) is 5. The van der Waals surface area contributed by atoms with Gasteiger partial charge in [0.1, 0.15) is 11.6 Å². The smallest absolute Gasteiger partial charge is 0.229 e. The fraction of sp³-hybridized carbons (Fsp3) is 0.111. The lowest BCUT2D eigenvalue weighted by molar-refractivity contribution is 0.340. The van der Waals surface area contributed by atoms with E-state index in [0.717, 1.165) is 17.1 Å². The van der Waals surface area contributed by atoms with Crippen molar-refractivity contribution >= 4 is 46.3 Å². The summed E-state index contributed by atoms with van der Waals surface area (Å²) in [6, 6.07) is 14.7. The lowest BCUT2D eigenvalue weighted by atomic mass is 10.3. The van der Waals surface area contributed by atoms with E-state index in [1.165, 1.54) is 0 Å². The molecule has 0 fully saturated rings. The minimum atomic E-state index is 0.480. The van der Waals surface area contributed by atoms with Crippen LogP contribution in [0.25, 0.3) is 0 Å². The molecule has 0 radical (unpaired) electrons. The fourth-order valence-electron chi connectivity index (χ4n) is 2.14. The molecule has 1 heterocycles. The van der Waals surface area contributed by atoms with Crippen molar-refractivity contribution in [2.45, 2.75) is 6.92 Å². The highest BCUT2D eigenvalue weighted by Crippen LogP contribution is 2.27. The molecular formula is C18H16Cl2N4O. The van der Waals surface area contributed by atoms with Crippen molar-refractivity contribution in [3.05, 3.63) is 64.8 Å². The third-order valence-electron chi connectivity index (χ3n) is 3.27. The van der Waals surface area contributed by atoms with Crippen molar-refractivity contribution in [2.75, 3.05) is 17.2 Å². The minimum absolute atomic E-state index is 0.480. The Hall–Kier alpha value is -2.50. The van der Waals surface area contributed by atoms with Gasteiger partial charge >= 0.3 is 0 Å². The average Bonchev–Trinajstić information content (AvgIpc) is 2.61. The monoisotopic (exact) mass is 374 g/mol. The molecule has 1 aromatic heterocycles. The molecule has 0 aliphatic heterocycles. The van der Waals surface area contributed by atoms with Gasteiger partial charge in [0.2, 0.25) is 5.95 Å². The number of halogens is 2. The van der Waals surface area contributed by atoms with Crippen molar-refractivity contribution in [1.82, 2.24) is 9.97 Å². The Morgan fingerprint density at radius 3 is 2.40 bits per heavy atom. The van der Waals surface area contributed by atoms with E-state index in [2.05, 4.69) is 20.6 Å². The van der Waals surface area contributed by atoms with Crippen LogP contribution >= 0.6 is 23.2 Å². The van der Waals surface area contributed by atoms with E-state index in [4.69, 9.17) is 27.9 Å². The SMILES string of the molecule is CCOc1ccc(Nc2nccc(Nc3ccc(Cl)c(Cl)c3)n2)cc1. The van der Waals surface area contributed by atoms with Crippen LogP contribution in [0, 0.1) is 0 Å². The molecule has 0 saturated carbocycles. The van der Waals surface area contributed by atoms with E-state index in [-0.39, 0.29) is 0 Å². The van der Waals surface area contributed by atoms with Gasteiger partial charge in [0.05, 0.1) is 16.7 Å². The molecule has 3 aromatic rings. The topological polar surface area (TPSA) is 59.1 Å². The molecule has 0 bridgehead atoms. The van der Waals surface area contributed by atoms with E-state index in [1.54, 1.807) is 24.4 Å². The van der Waals surface area contributed by atoms with Gasteiger partial charge in [-0.05, 0) is 55.5 Å². The molecule has 5 nitrogen and oxygen atoms in total. The minimum Gasteiger partial charge on any atom is -0.494 e. The number of nitrogens with one attached hydrogen (secondary N) is 2. The van der Waals surface area contributed by atoms with Gasteiger partial charge in [-0.25, -0.2) is 4.98 Å². The highest BCUT2D eigenvalue weighted by molar-refractivity contribution is 6.42. The number of rotatable bonds is 6. The maximum atomic E-state index is 6.03. The van der Waals surface area contributed by atoms with Gasteiger partial charge in [-0.3, -0.25) is 0 Å². The van der Waals surface area contributed by atoms with Crippen LogP contribution in [0.2, 0.25) is 10.0 Å². The number of hydrogen-bond donors (Lipinski definition) is 2. The van der Waals surface area contributed by atoms with Gasteiger partial charge in [-0.15, -0.1) is 0 Å². The van der Waals surface area contributed by atoms with Crippen LogP contribution in [-0.4, -0.2) is 16.6 Å². The van der Waals surface area contributed by atoms with E-state index >= 15 is 0 Å². The zero-order valence-corrected chi connectivity index (χ0v) is 15.0. The van der Waals surface area contributed by atoms with E-state index in [0.29, 0.717) is 28.4 Å². The number of ether oxygens (including phenoxy) is 1. The Kier molecular flexibility index (Phi) is 5.58. The molecule has 128 valence electrons. The van der Waals surface area contributed by atoms with E-state index < -0.39 is 0 Å². The maximum Gasteiger partial charge on any atom is 0.229 e. The Bertz CT molecular complexity index is 856. The summed E-state index contributed by atoms with van der Waals surface area (Å²) in [7, 11) is 0. The van der Waals surface area contributed by atoms with E-state index in [1.807, 2.05) is 37.3 Å². The molecule has 0 atom stereocenters. The molecule has 2 aromatic carbocycles. The van der Waals surface area contributed by atoms with Gasteiger partial charge in [-0.2, -0.15) is 4.98 Å². The first-order chi connectivity index (χ1) is 12.1. The highest BCUT2D eigenvalue weighted by atomic mass is 35.5. The predicted molar refractivity (Wildman–Crippen MR) is 103 cm³/mol. The first kappa shape index (κ1) is 17.3. The zero-order valence-electron chi connectivity index (χ0n) is 13.5. The molecule has 3 rings (SSSR count). The first-order valence-corrected chi connectivity index (χ1v) is 8.44. The number of anilines is 4. The van der Waals surface area contributed by atoms with Crippen LogP contribution in [-0.2, 0) is 0 Å². The summed E-state index contributed by atoms with van der Waals surface area (Å²) in [4.78, 5) is 8.66. The first-order valence-electron chi connectivity index (χ1n) is 7.69. The molecule has 0 aliphatic carbocycles. The zero-order chi connectivity index (χ0) is 17.6. The second kappa shape index (κ2) is 8.05. The van der Waals surface area contributed by atoms with Crippen LogP contribution in [0.1, 0.15) is 6.92 Å². The normalized spacial score (nSPS) is 10.4. The van der Waals surface area contributed by atoms with Crippen LogP contribution < -0.4 is 15.4 Å². The number of nitrogens with zero attached hydrogens (tertiary/aromatic N) is 2. The molecule has 0 unspecified atom stereocenters. The van der Waals surface area contributed by atoms with Gasteiger partial charge < -0.3 is 15.4 Å². The summed E-state index contributed by atoms with van der Waals surface area (Å²) in [5.74, 6) is 1.94. The van der Waals surface area contributed by atoms with Gasteiger partial charge in [0.25, 0.3) is 0 Å². The standard InChI is InChI=1S/C18H16Cl2N4O/c1-2-25-14-6-3-12(4-7-14)23-18-21-10-9-17(24-18)22-13-5-8-15(19)16(20)11-13/h3-11H,2H2,1H3,(H2,21,22,23,24). The van der Waals surface area contributed by atoms with Crippen molar-refractivity contribution in [3.63, 3.8) is 0 Å². The van der Waals surface area contributed by atoms with Crippen LogP contribution in [0.3, 0.4) is 0 Å². The summed E-state index contributed by atoms with van der Waals surface area (Å²) >= 11 is 12.0. The largest absolute Gasteiger partial charge is 0.494 e. The molecule has 0 saturated heterocycles. The van der Waals surface area contributed by atoms with E-state index in [9.17, 15) is 0 Å². The van der Waals surface area contributed by atoms with Gasteiger partial charge in [-0.1, -0.05) is 23.2 Å². The van der Waals surface area contributed by atoms with Crippen LogP contribution in [0.4, 0.5) is 23.1 Å². The Balaban J connectivity index is 1.71. The summed E-state index contributed by atoms with van der Waals surface area (Å²) < 4.78 is 5.43. The molecule has 25 heavy (non-hydrogen) atoms. The second-order valence-electron chi connectivity index (χ2n) is 5.10. The summed E-state index contributed by atoms with van der Waals surface area (Å²) in [6.45, 7) is 2.59. The highest BCUT2D eigenvalue weighted by Gasteiger charge is 2.03. The molecule has 7 heteroatoms. The quantitative estimate of drug-likeness (QED) is 0.581. The third-order valence-corrected chi connectivity index (χ3v) is 4.01. The van der Waals surface area contributed by atoms with Crippen LogP contribution in [0.5, 0.6) is 5.75 Å². The lowest BCUT2D eigenvalue weighted by Crippen LogP contribution is -2.00. The van der Waals surface area contributed by atoms with Crippen molar-refractivity contribution in [2.24, 2.45) is 0 Å². The van der Waals surface area contributed by atoms with Gasteiger partial charge in [0.15, 0.2) is 0 Å².